The first kappa shape index (κ1) is 17.5. The lowest BCUT2D eigenvalue weighted by Crippen LogP contribution is -2.12. The highest BCUT2D eigenvalue weighted by Gasteiger charge is 2.15. The molecule has 0 spiro atoms. The van der Waals surface area contributed by atoms with E-state index in [-0.39, 0.29) is 17.8 Å². The largest absolute Gasteiger partial charge is 0.497 e. The summed E-state index contributed by atoms with van der Waals surface area (Å²) in [4.78, 5) is 12.3. The third-order valence-corrected chi connectivity index (χ3v) is 4.01. The van der Waals surface area contributed by atoms with E-state index in [2.05, 4.69) is 15.5 Å². The maximum absolute atomic E-state index is 12.3. The van der Waals surface area contributed by atoms with Crippen molar-refractivity contribution in [3.63, 3.8) is 0 Å². The summed E-state index contributed by atoms with van der Waals surface area (Å²) < 4.78 is 16.0. The minimum absolute atomic E-state index is 0.0185. The van der Waals surface area contributed by atoms with Crippen molar-refractivity contribution in [3.8, 4) is 23.0 Å². The summed E-state index contributed by atoms with van der Waals surface area (Å²) >= 11 is 0. The number of hydrogen-bond donors (Lipinski definition) is 1. The molecule has 1 N–H and O–H groups in total. The van der Waals surface area contributed by atoms with E-state index in [0.717, 1.165) is 11.1 Å². The van der Waals surface area contributed by atoms with Crippen molar-refractivity contribution >= 4 is 11.9 Å². The molecule has 0 saturated heterocycles. The van der Waals surface area contributed by atoms with Gasteiger partial charge >= 0.3 is 6.01 Å². The van der Waals surface area contributed by atoms with E-state index in [1.807, 2.05) is 26.0 Å². The molecule has 2 aromatic carbocycles. The fourth-order valence-electron chi connectivity index (χ4n) is 2.37. The minimum atomic E-state index is -0.313. The molecule has 1 amide bonds. The first-order valence-corrected chi connectivity index (χ1v) is 7.95. The average Bonchev–Trinajstić information content (AvgIpc) is 3.11. The van der Waals surface area contributed by atoms with Gasteiger partial charge in [0, 0.05) is 17.2 Å². The zero-order valence-corrected chi connectivity index (χ0v) is 15.0. The van der Waals surface area contributed by atoms with Crippen molar-refractivity contribution in [2.75, 3.05) is 19.5 Å². The lowest BCUT2D eigenvalue weighted by molar-refractivity contribution is 0.102. The number of carbonyl (C=O) groups is 1. The Morgan fingerprint density at radius 2 is 1.65 bits per heavy atom. The van der Waals surface area contributed by atoms with Crippen LogP contribution in [-0.4, -0.2) is 30.3 Å². The number of carbonyl (C=O) groups excluding carboxylic acids is 1. The van der Waals surface area contributed by atoms with Gasteiger partial charge in [0.2, 0.25) is 5.89 Å². The predicted molar refractivity (Wildman–Crippen MR) is 96.7 cm³/mol. The summed E-state index contributed by atoms with van der Waals surface area (Å²) in [6.07, 6.45) is 0. The number of benzene rings is 2. The molecule has 0 bridgehead atoms. The third kappa shape index (κ3) is 3.66. The topological polar surface area (TPSA) is 86.5 Å². The van der Waals surface area contributed by atoms with Crippen molar-refractivity contribution in [1.82, 2.24) is 10.2 Å². The number of nitrogens with one attached hydrogen (secondary N) is 1. The second kappa shape index (κ2) is 7.26. The van der Waals surface area contributed by atoms with Gasteiger partial charge in [0.15, 0.2) is 0 Å². The summed E-state index contributed by atoms with van der Waals surface area (Å²) in [5, 5.41) is 10.5. The Morgan fingerprint density at radius 3 is 2.27 bits per heavy atom. The summed E-state index contributed by atoms with van der Waals surface area (Å²) in [7, 11) is 3.11. The molecule has 7 nitrogen and oxygen atoms in total. The highest BCUT2D eigenvalue weighted by atomic mass is 16.5. The first-order valence-electron chi connectivity index (χ1n) is 7.95. The van der Waals surface area contributed by atoms with Crippen LogP contribution in [0, 0.1) is 13.8 Å². The van der Waals surface area contributed by atoms with Crippen molar-refractivity contribution in [2.45, 2.75) is 13.8 Å². The summed E-state index contributed by atoms with van der Waals surface area (Å²) in [6, 6.07) is 10.7. The van der Waals surface area contributed by atoms with Gasteiger partial charge in [-0.25, -0.2) is 0 Å². The molecule has 0 atom stereocenters. The fourth-order valence-corrected chi connectivity index (χ4v) is 2.37. The molecule has 0 aliphatic carbocycles. The SMILES string of the molecule is COc1cc(OC)cc(-c2nnc(NC(=O)c3ccc(C)c(C)c3)o2)c1. The van der Waals surface area contributed by atoms with Gasteiger partial charge in [0.1, 0.15) is 11.5 Å². The fraction of sp³-hybridized carbons (Fsp3) is 0.211. The lowest BCUT2D eigenvalue weighted by Gasteiger charge is -2.06. The number of anilines is 1. The van der Waals surface area contributed by atoms with Crippen LogP contribution >= 0.6 is 0 Å². The molecular weight excluding hydrogens is 334 g/mol. The Labute approximate surface area is 151 Å². The predicted octanol–water partition coefficient (Wildman–Crippen LogP) is 3.62. The minimum Gasteiger partial charge on any atom is -0.497 e. The quantitative estimate of drug-likeness (QED) is 0.754. The van der Waals surface area contributed by atoms with E-state index in [4.69, 9.17) is 13.9 Å². The molecule has 1 aromatic heterocycles. The van der Waals surface area contributed by atoms with Crippen LogP contribution in [0.1, 0.15) is 21.5 Å². The third-order valence-electron chi connectivity index (χ3n) is 4.01. The lowest BCUT2D eigenvalue weighted by atomic mass is 10.1. The van der Waals surface area contributed by atoms with Gasteiger partial charge < -0.3 is 13.9 Å². The second-order valence-corrected chi connectivity index (χ2v) is 5.77. The first-order chi connectivity index (χ1) is 12.5. The van der Waals surface area contributed by atoms with E-state index in [1.54, 1.807) is 38.5 Å². The van der Waals surface area contributed by atoms with Gasteiger partial charge in [-0.3, -0.25) is 10.1 Å². The van der Waals surface area contributed by atoms with Crippen molar-refractivity contribution in [2.24, 2.45) is 0 Å². The molecule has 0 aliphatic rings. The molecule has 0 saturated carbocycles. The number of rotatable bonds is 5. The van der Waals surface area contributed by atoms with Crippen molar-refractivity contribution in [1.29, 1.82) is 0 Å². The normalized spacial score (nSPS) is 10.5. The molecule has 3 aromatic rings. The highest BCUT2D eigenvalue weighted by Crippen LogP contribution is 2.29. The molecule has 0 aliphatic heterocycles. The zero-order chi connectivity index (χ0) is 18.7. The number of hydrogen-bond acceptors (Lipinski definition) is 6. The van der Waals surface area contributed by atoms with Crippen molar-refractivity contribution < 1.29 is 18.7 Å². The molecule has 1 heterocycles. The average molecular weight is 353 g/mol. The van der Waals surface area contributed by atoms with Crippen LogP contribution in [0.5, 0.6) is 11.5 Å². The van der Waals surface area contributed by atoms with Crippen LogP contribution in [0.4, 0.5) is 6.01 Å². The Bertz CT molecular complexity index is 927. The molecule has 3 rings (SSSR count). The van der Waals surface area contributed by atoms with Gasteiger partial charge in [-0.1, -0.05) is 11.2 Å². The molecule has 0 radical (unpaired) electrons. The number of aryl methyl sites for hydroxylation is 2. The molecule has 0 unspecified atom stereocenters. The van der Waals surface area contributed by atoms with Crippen LogP contribution in [0.25, 0.3) is 11.5 Å². The summed E-state index contributed by atoms with van der Waals surface area (Å²) in [5.74, 6) is 1.13. The van der Waals surface area contributed by atoms with E-state index in [9.17, 15) is 4.79 Å². The number of ether oxygens (including phenoxy) is 2. The van der Waals surface area contributed by atoms with E-state index in [0.29, 0.717) is 22.6 Å². The van der Waals surface area contributed by atoms with Crippen LogP contribution in [0.2, 0.25) is 0 Å². The van der Waals surface area contributed by atoms with E-state index >= 15 is 0 Å². The number of aromatic nitrogens is 2. The number of methoxy groups -OCH3 is 2. The Kier molecular flexibility index (Phi) is 4.88. The van der Waals surface area contributed by atoms with Crippen LogP contribution in [0.3, 0.4) is 0 Å². The second-order valence-electron chi connectivity index (χ2n) is 5.77. The summed E-state index contributed by atoms with van der Waals surface area (Å²) in [5.41, 5.74) is 3.30. The highest BCUT2D eigenvalue weighted by molar-refractivity contribution is 6.03. The molecular formula is C19H19N3O4. The maximum atomic E-state index is 12.3. The molecule has 134 valence electrons. The van der Waals surface area contributed by atoms with Gasteiger partial charge in [0.25, 0.3) is 5.91 Å². The number of amides is 1. The van der Waals surface area contributed by atoms with Crippen LogP contribution < -0.4 is 14.8 Å². The molecule has 0 fully saturated rings. The Morgan fingerprint density at radius 1 is 0.962 bits per heavy atom. The Hall–Kier alpha value is -3.35. The Balaban J connectivity index is 1.81. The van der Waals surface area contributed by atoms with Gasteiger partial charge in [-0.2, -0.15) is 0 Å². The van der Waals surface area contributed by atoms with Crippen LogP contribution in [0.15, 0.2) is 40.8 Å². The maximum Gasteiger partial charge on any atom is 0.322 e. The standard InChI is InChI=1S/C19H19N3O4/c1-11-5-6-13(7-12(11)2)17(23)20-19-22-21-18(26-19)14-8-15(24-3)10-16(9-14)25-4/h5-10H,1-4H3,(H,20,22,23). The van der Waals surface area contributed by atoms with Gasteiger partial charge in [-0.05, 0) is 49.2 Å². The monoisotopic (exact) mass is 353 g/mol. The molecule has 26 heavy (non-hydrogen) atoms. The van der Waals surface area contributed by atoms with Gasteiger partial charge in [-0.15, -0.1) is 5.10 Å². The smallest absolute Gasteiger partial charge is 0.322 e. The van der Waals surface area contributed by atoms with E-state index < -0.39 is 0 Å². The summed E-state index contributed by atoms with van der Waals surface area (Å²) in [6.45, 7) is 3.94. The van der Waals surface area contributed by atoms with Gasteiger partial charge in [0.05, 0.1) is 14.2 Å². The molecule has 7 heteroatoms. The number of nitrogens with zero attached hydrogens (tertiary/aromatic N) is 2. The van der Waals surface area contributed by atoms with E-state index in [1.165, 1.54) is 0 Å². The van der Waals surface area contributed by atoms with Crippen molar-refractivity contribution in [3.05, 3.63) is 53.1 Å². The zero-order valence-electron chi connectivity index (χ0n) is 15.0. The van der Waals surface area contributed by atoms with Crippen LogP contribution in [-0.2, 0) is 0 Å².